The summed E-state index contributed by atoms with van der Waals surface area (Å²) in [6.07, 6.45) is 4.47. The molecule has 0 atom stereocenters. The molecule has 26 heavy (non-hydrogen) atoms. The number of nitrogens with zero attached hydrogens (tertiary/aromatic N) is 5. The van der Waals surface area contributed by atoms with Gasteiger partial charge in [0.15, 0.2) is 0 Å². The first-order valence-corrected chi connectivity index (χ1v) is 10.8. The van der Waals surface area contributed by atoms with E-state index in [-0.39, 0.29) is 0 Å². The molecule has 0 radical (unpaired) electrons. The van der Waals surface area contributed by atoms with Gasteiger partial charge in [-0.3, -0.25) is 4.90 Å². The average Bonchev–Trinajstić information content (AvgIpc) is 2.90. The molecule has 0 bridgehead atoms. The molecule has 0 aliphatic carbocycles. The first kappa shape index (κ1) is 17.6. The van der Waals surface area contributed by atoms with E-state index in [0.717, 1.165) is 37.4 Å². The van der Waals surface area contributed by atoms with Crippen LogP contribution in [0.3, 0.4) is 0 Å². The lowest BCUT2D eigenvalue weighted by atomic mass is 10.1. The summed E-state index contributed by atoms with van der Waals surface area (Å²) in [7, 11) is -3.50. The fourth-order valence-corrected chi connectivity index (χ4v) is 5.22. The van der Waals surface area contributed by atoms with Crippen molar-refractivity contribution in [3.8, 4) is 0 Å². The number of aromatic nitrogens is 3. The van der Waals surface area contributed by atoms with Crippen molar-refractivity contribution in [1.82, 2.24) is 24.2 Å². The van der Waals surface area contributed by atoms with Gasteiger partial charge in [-0.25, -0.2) is 13.1 Å². The normalized spacial score (nSPS) is 19.8. The minimum absolute atomic E-state index is 0.341. The van der Waals surface area contributed by atoms with E-state index in [1.807, 2.05) is 10.7 Å². The number of hydrogen-bond donors (Lipinski definition) is 0. The Morgan fingerprint density at radius 3 is 2.46 bits per heavy atom. The Hall–Kier alpha value is -1.77. The molecule has 1 aromatic carbocycles. The van der Waals surface area contributed by atoms with E-state index in [2.05, 4.69) is 15.2 Å². The van der Waals surface area contributed by atoms with Crippen LogP contribution >= 0.6 is 0 Å². The van der Waals surface area contributed by atoms with Crippen LogP contribution in [0.2, 0.25) is 0 Å². The standard InChI is InChI=1S/C18H25N5O2S/c24-26(25,16-8-3-1-4-9-16)22-12-7-13-23-18(15-22)17(19-20-23)14-21-10-5-2-6-11-21/h1,3-4,8-9H,2,5-7,10-15H2. The van der Waals surface area contributed by atoms with E-state index in [1.54, 1.807) is 28.6 Å². The van der Waals surface area contributed by atoms with Crippen LogP contribution in [0.1, 0.15) is 37.1 Å². The summed E-state index contributed by atoms with van der Waals surface area (Å²) < 4.78 is 29.5. The first-order chi connectivity index (χ1) is 12.6. The molecule has 0 unspecified atom stereocenters. The minimum atomic E-state index is -3.50. The number of fused-ring (bicyclic) bond motifs is 1. The number of benzene rings is 1. The zero-order valence-corrected chi connectivity index (χ0v) is 15.7. The summed E-state index contributed by atoms with van der Waals surface area (Å²) >= 11 is 0. The van der Waals surface area contributed by atoms with Crippen molar-refractivity contribution < 1.29 is 8.42 Å². The highest BCUT2D eigenvalue weighted by molar-refractivity contribution is 7.89. The molecule has 1 aromatic heterocycles. The van der Waals surface area contributed by atoms with Crippen molar-refractivity contribution >= 4 is 10.0 Å². The van der Waals surface area contributed by atoms with Crippen LogP contribution in [0, 0.1) is 0 Å². The molecule has 1 fully saturated rings. The van der Waals surface area contributed by atoms with Gasteiger partial charge in [-0.2, -0.15) is 4.31 Å². The Morgan fingerprint density at radius 2 is 1.69 bits per heavy atom. The van der Waals surface area contributed by atoms with Crippen LogP contribution in [-0.4, -0.2) is 52.3 Å². The number of aryl methyl sites for hydroxylation is 1. The van der Waals surface area contributed by atoms with Crippen LogP contribution in [0.5, 0.6) is 0 Å². The maximum absolute atomic E-state index is 13.0. The molecule has 140 valence electrons. The molecule has 2 aliphatic heterocycles. The smallest absolute Gasteiger partial charge is 0.243 e. The van der Waals surface area contributed by atoms with Crippen molar-refractivity contribution in [3.05, 3.63) is 41.7 Å². The molecule has 2 aromatic rings. The third kappa shape index (κ3) is 3.54. The molecule has 8 heteroatoms. The number of piperidine rings is 1. The van der Waals surface area contributed by atoms with Gasteiger partial charge in [0.05, 0.1) is 17.1 Å². The first-order valence-electron chi connectivity index (χ1n) is 9.33. The summed E-state index contributed by atoms with van der Waals surface area (Å²) in [6.45, 7) is 4.48. The molecule has 2 aliphatic rings. The summed E-state index contributed by atoms with van der Waals surface area (Å²) in [6, 6.07) is 8.67. The number of rotatable bonds is 4. The Balaban J connectivity index is 1.58. The van der Waals surface area contributed by atoms with Gasteiger partial charge in [0.2, 0.25) is 10.0 Å². The van der Waals surface area contributed by atoms with Gasteiger partial charge < -0.3 is 0 Å². The minimum Gasteiger partial charge on any atom is -0.297 e. The molecule has 1 saturated heterocycles. The summed E-state index contributed by atoms with van der Waals surface area (Å²) in [5, 5.41) is 8.66. The van der Waals surface area contributed by atoms with E-state index in [0.29, 0.717) is 24.5 Å². The van der Waals surface area contributed by atoms with Crippen molar-refractivity contribution in [2.45, 2.75) is 50.2 Å². The number of sulfonamides is 1. The quantitative estimate of drug-likeness (QED) is 0.816. The molecular formula is C18H25N5O2S. The maximum Gasteiger partial charge on any atom is 0.243 e. The van der Waals surface area contributed by atoms with E-state index < -0.39 is 10.0 Å². The largest absolute Gasteiger partial charge is 0.297 e. The predicted molar refractivity (Wildman–Crippen MR) is 97.8 cm³/mol. The van der Waals surface area contributed by atoms with Gasteiger partial charge in [-0.15, -0.1) is 5.10 Å². The topological polar surface area (TPSA) is 71.3 Å². The highest BCUT2D eigenvalue weighted by Gasteiger charge is 2.29. The van der Waals surface area contributed by atoms with Gasteiger partial charge in [-0.1, -0.05) is 29.8 Å². The summed E-state index contributed by atoms with van der Waals surface area (Å²) in [4.78, 5) is 2.74. The molecule has 3 heterocycles. The summed E-state index contributed by atoms with van der Waals surface area (Å²) in [5.41, 5.74) is 1.86. The van der Waals surface area contributed by atoms with E-state index in [9.17, 15) is 8.42 Å². The van der Waals surface area contributed by atoms with E-state index >= 15 is 0 Å². The van der Waals surface area contributed by atoms with E-state index in [1.165, 1.54) is 19.3 Å². The lowest BCUT2D eigenvalue weighted by Gasteiger charge is -2.26. The number of likely N-dealkylation sites (tertiary alicyclic amines) is 1. The maximum atomic E-state index is 13.0. The van der Waals surface area contributed by atoms with Crippen molar-refractivity contribution in [3.63, 3.8) is 0 Å². The van der Waals surface area contributed by atoms with Crippen molar-refractivity contribution in [2.24, 2.45) is 0 Å². The van der Waals surface area contributed by atoms with Crippen molar-refractivity contribution in [1.29, 1.82) is 0 Å². The fourth-order valence-electron chi connectivity index (χ4n) is 3.76. The van der Waals surface area contributed by atoms with Crippen LogP contribution < -0.4 is 0 Å². The zero-order chi connectivity index (χ0) is 18.0. The molecular weight excluding hydrogens is 350 g/mol. The average molecular weight is 375 g/mol. The van der Waals surface area contributed by atoms with Crippen LogP contribution in [-0.2, 0) is 29.7 Å². The second-order valence-electron chi connectivity index (χ2n) is 7.05. The third-order valence-electron chi connectivity index (χ3n) is 5.22. The Labute approximate surface area is 154 Å². The monoisotopic (exact) mass is 375 g/mol. The van der Waals surface area contributed by atoms with Crippen LogP contribution in [0.4, 0.5) is 0 Å². The van der Waals surface area contributed by atoms with Gasteiger partial charge in [0, 0.05) is 19.6 Å². The SMILES string of the molecule is O=S(=O)(c1ccccc1)N1CCCn2nnc(CN3CCCCC3)c2C1. The zero-order valence-electron chi connectivity index (χ0n) is 14.9. The van der Waals surface area contributed by atoms with Gasteiger partial charge in [0.1, 0.15) is 5.69 Å². The summed E-state index contributed by atoms with van der Waals surface area (Å²) in [5.74, 6) is 0. The van der Waals surface area contributed by atoms with Gasteiger partial charge in [0.25, 0.3) is 0 Å². The van der Waals surface area contributed by atoms with E-state index in [4.69, 9.17) is 0 Å². The second kappa shape index (κ2) is 7.46. The van der Waals surface area contributed by atoms with Crippen LogP contribution in [0.25, 0.3) is 0 Å². The third-order valence-corrected chi connectivity index (χ3v) is 7.08. The molecule has 0 spiro atoms. The second-order valence-corrected chi connectivity index (χ2v) is 8.99. The predicted octanol–water partition coefficient (Wildman–Crippen LogP) is 1.86. The highest BCUT2D eigenvalue weighted by atomic mass is 32.2. The molecule has 0 saturated carbocycles. The lowest BCUT2D eigenvalue weighted by molar-refractivity contribution is 0.217. The highest BCUT2D eigenvalue weighted by Crippen LogP contribution is 2.23. The molecule has 0 N–H and O–H groups in total. The molecule has 4 rings (SSSR count). The fraction of sp³-hybridized carbons (Fsp3) is 0.556. The Kier molecular flexibility index (Phi) is 5.06. The molecule has 7 nitrogen and oxygen atoms in total. The Morgan fingerprint density at radius 1 is 0.923 bits per heavy atom. The lowest BCUT2D eigenvalue weighted by Crippen LogP contribution is -2.32. The number of hydrogen-bond acceptors (Lipinski definition) is 5. The molecule has 0 amide bonds. The van der Waals surface area contributed by atoms with Gasteiger partial charge in [-0.05, 0) is 44.5 Å². The van der Waals surface area contributed by atoms with Crippen molar-refractivity contribution in [2.75, 3.05) is 19.6 Å². The van der Waals surface area contributed by atoms with Gasteiger partial charge >= 0.3 is 0 Å². The van der Waals surface area contributed by atoms with Crippen LogP contribution in [0.15, 0.2) is 35.2 Å². The Bertz CT molecular complexity index is 844.